The van der Waals surface area contributed by atoms with Crippen LogP contribution in [-0.2, 0) is 28.3 Å². The van der Waals surface area contributed by atoms with Crippen molar-refractivity contribution in [1.82, 2.24) is 19.4 Å². The Bertz CT molecular complexity index is 661. The Morgan fingerprint density at radius 1 is 1.26 bits per heavy atom. The molecule has 0 atom stereocenters. The first-order chi connectivity index (χ1) is 10.8. The van der Waals surface area contributed by atoms with Crippen LogP contribution < -0.4 is 5.32 Å². The van der Waals surface area contributed by atoms with Gasteiger partial charge in [-0.2, -0.15) is 5.10 Å². The van der Waals surface area contributed by atoms with Gasteiger partial charge in [-0.05, 0) is 38.7 Å². The topological polar surface area (TPSA) is 84.3 Å². The number of carbonyl (C=O) groups is 1. The molecule has 2 rings (SSSR count). The second kappa shape index (κ2) is 7.44. The van der Waals surface area contributed by atoms with E-state index in [1.54, 1.807) is 0 Å². The van der Waals surface area contributed by atoms with E-state index in [4.69, 9.17) is 0 Å². The fourth-order valence-corrected chi connectivity index (χ4v) is 4.35. The monoisotopic (exact) mass is 342 g/mol. The Kier molecular flexibility index (Phi) is 5.80. The minimum atomic E-state index is -3.23. The molecule has 0 aromatic carbocycles. The maximum atomic E-state index is 12.0. The molecule has 2 heterocycles. The zero-order chi connectivity index (χ0) is 17.0. The molecule has 0 radical (unpaired) electrons. The standard InChI is InChI=1S/C15H26N4O3S/c1-12-14(13(2)18(3)17-12)6-7-15(20)16-8-11-23(21,22)19-9-4-5-10-19/h4-11H2,1-3H3,(H,16,20). The molecule has 1 aliphatic heterocycles. The highest BCUT2D eigenvalue weighted by Crippen LogP contribution is 2.14. The second-order valence-corrected chi connectivity index (χ2v) is 8.13. The van der Waals surface area contributed by atoms with Crippen LogP contribution in [0.15, 0.2) is 0 Å². The third-order valence-corrected chi connectivity index (χ3v) is 6.27. The molecule has 0 aliphatic carbocycles. The van der Waals surface area contributed by atoms with Crippen molar-refractivity contribution in [3.8, 4) is 0 Å². The first-order valence-corrected chi connectivity index (χ1v) is 9.66. The predicted molar refractivity (Wildman–Crippen MR) is 88.6 cm³/mol. The van der Waals surface area contributed by atoms with E-state index in [2.05, 4.69) is 10.4 Å². The first-order valence-electron chi connectivity index (χ1n) is 8.05. The number of hydrogen-bond donors (Lipinski definition) is 1. The number of aryl methyl sites for hydroxylation is 2. The zero-order valence-electron chi connectivity index (χ0n) is 14.1. The summed E-state index contributed by atoms with van der Waals surface area (Å²) < 4.78 is 27.4. The van der Waals surface area contributed by atoms with Gasteiger partial charge >= 0.3 is 0 Å². The molecule has 7 nitrogen and oxygen atoms in total. The molecule has 130 valence electrons. The van der Waals surface area contributed by atoms with Crippen LogP contribution in [0.5, 0.6) is 0 Å². The SMILES string of the molecule is Cc1nn(C)c(C)c1CCC(=O)NCCS(=O)(=O)N1CCCC1. The van der Waals surface area contributed by atoms with Crippen molar-refractivity contribution in [3.63, 3.8) is 0 Å². The molecule has 0 bridgehead atoms. The maximum Gasteiger partial charge on any atom is 0.220 e. The Morgan fingerprint density at radius 2 is 1.91 bits per heavy atom. The van der Waals surface area contributed by atoms with E-state index in [-0.39, 0.29) is 18.2 Å². The summed E-state index contributed by atoms with van der Waals surface area (Å²) in [5.41, 5.74) is 3.09. The molecule has 1 amide bonds. The van der Waals surface area contributed by atoms with Crippen LogP contribution in [0.25, 0.3) is 0 Å². The van der Waals surface area contributed by atoms with Gasteiger partial charge in [0, 0.05) is 38.8 Å². The highest BCUT2D eigenvalue weighted by Gasteiger charge is 2.24. The van der Waals surface area contributed by atoms with Crippen molar-refractivity contribution in [3.05, 3.63) is 17.0 Å². The van der Waals surface area contributed by atoms with Crippen molar-refractivity contribution in [2.45, 2.75) is 39.5 Å². The number of sulfonamides is 1. The van der Waals surface area contributed by atoms with Gasteiger partial charge in [0.25, 0.3) is 0 Å². The van der Waals surface area contributed by atoms with Crippen molar-refractivity contribution in [2.75, 3.05) is 25.4 Å². The molecule has 1 aromatic rings. The second-order valence-electron chi connectivity index (χ2n) is 6.05. The van der Waals surface area contributed by atoms with E-state index in [0.29, 0.717) is 25.9 Å². The van der Waals surface area contributed by atoms with Gasteiger partial charge in [0.05, 0.1) is 11.4 Å². The van der Waals surface area contributed by atoms with E-state index in [1.807, 2.05) is 25.6 Å². The maximum absolute atomic E-state index is 12.0. The van der Waals surface area contributed by atoms with Crippen LogP contribution in [0.2, 0.25) is 0 Å². The summed E-state index contributed by atoms with van der Waals surface area (Å²) in [5.74, 6) is -0.145. The van der Waals surface area contributed by atoms with Crippen LogP contribution in [0.4, 0.5) is 0 Å². The smallest absolute Gasteiger partial charge is 0.220 e. The van der Waals surface area contributed by atoms with Gasteiger partial charge in [0.1, 0.15) is 0 Å². The summed E-state index contributed by atoms with van der Waals surface area (Å²) in [6.45, 7) is 5.30. The third-order valence-electron chi connectivity index (χ3n) is 4.40. The molecular formula is C15H26N4O3S. The van der Waals surface area contributed by atoms with Gasteiger partial charge in [0.15, 0.2) is 0 Å². The van der Waals surface area contributed by atoms with Gasteiger partial charge in [-0.15, -0.1) is 0 Å². The van der Waals surface area contributed by atoms with Gasteiger partial charge in [-0.25, -0.2) is 12.7 Å². The van der Waals surface area contributed by atoms with Gasteiger partial charge < -0.3 is 5.32 Å². The Balaban J connectivity index is 1.75. The van der Waals surface area contributed by atoms with Crippen LogP contribution in [0.1, 0.15) is 36.2 Å². The van der Waals surface area contributed by atoms with Gasteiger partial charge in [0.2, 0.25) is 15.9 Å². The molecular weight excluding hydrogens is 316 g/mol. The molecule has 0 saturated carbocycles. The number of rotatable bonds is 7. The minimum Gasteiger partial charge on any atom is -0.355 e. The van der Waals surface area contributed by atoms with E-state index >= 15 is 0 Å². The Hall–Kier alpha value is -1.41. The van der Waals surface area contributed by atoms with E-state index in [1.165, 1.54) is 4.31 Å². The third kappa shape index (κ3) is 4.54. The van der Waals surface area contributed by atoms with Crippen molar-refractivity contribution >= 4 is 15.9 Å². The lowest BCUT2D eigenvalue weighted by Crippen LogP contribution is -2.36. The highest BCUT2D eigenvalue weighted by atomic mass is 32.2. The van der Waals surface area contributed by atoms with Gasteiger partial charge in [-0.3, -0.25) is 9.48 Å². The van der Waals surface area contributed by atoms with Crippen molar-refractivity contribution < 1.29 is 13.2 Å². The quantitative estimate of drug-likeness (QED) is 0.782. The van der Waals surface area contributed by atoms with Crippen molar-refractivity contribution in [1.29, 1.82) is 0 Å². The van der Waals surface area contributed by atoms with Gasteiger partial charge in [-0.1, -0.05) is 0 Å². The fourth-order valence-electron chi connectivity index (χ4n) is 2.92. The summed E-state index contributed by atoms with van der Waals surface area (Å²) in [6.07, 6.45) is 2.82. The molecule has 1 saturated heterocycles. The number of amides is 1. The van der Waals surface area contributed by atoms with Crippen LogP contribution in [-0.4, -0.2) is 53.8 Å². The molecule has 1 N–H and O–H groups in total. The fraction of sp³-hybridized carbons (Fsp3) is 0.733. The van der Waals surface area contributed by atoms with Crippen molar-refractivity contribution in [2.24, 2.45) is 7.05 Å². The number of carbonyl (C=O) groups excluding carboxylic acids is 1. The highest BCUT2D eigenvalue weighted by molar-refractivity contribution is 7.89. The van der Waals surface area contributed by atoms with E-state index in [9.17, 15) is 13.2 Å². The average Bonchev–Trinajstić information content (AvgIpc) is 3.08. The number of hydrogen-bond acceptors (Lipinski definition) is 4. The molecule has 1 aromatic heterocycles. The van der Waals surface area contributed by atoms with Crippen LogP contribution in [0.3, 0.4) is 0 Å². The molecule has 1 aliphatic rings. The lowest BCUT2D eigenvalue weighted by Gasteiger charge is -2.15. The number of aromatic nitrogens is 2. The lowest BCUT2D eigenvalue weighted by molar-refractivity contribution is -0.120. The first kappa shape index (κ1) is 17.9. The summed E-state index contributed by atoms with van der Waals surface area (Å²) >= 11 is 0. The van der Waals surface area contributed by atoms with E-state index in [0.717, 1.165) is 29.8 Å². The zero-order valence-corrected chi connectivity index (χ0v) is 14.9. The molecule has 8 heteroatoms. The molecule has 1 fully saturated rings. The van der Waals surface area contributed by atoms with Crippen LogP contribution in [0, 0.1) is 13.8 Å². The summed E-state index contributed by atoms with van der Waals surface area (Å²) in [4.78, 5) is 11.9. The summed E-state index contributed by atoms with van der Waals surface area (Å²) in [6, 6.07) is 0. The predicted octanol–water partition coefficient (Wildman–Crippen LogP) is 0.511. The summed E-state index contributed by atoms with van der Waals surface area (Å²) in [5, 5.41) is 7.03. The normalized spacial score (nSPS) is 16.0. The number of nitrogens with one attached hydrogen (secondary N) is 1. The largest absolute Gasteiger partial charge is 0.355 e. The molecule has 0 unspecified atom stereocenters. The minimum absolute atomic E-state index is 0.0241. The summed E-state index contributed by atoms with van der Waals surface area (Å²) in [7, 11) is -1.34. The van der Waals surface area contributed by atoms with E-state index < -0.39 is 10.0 Å². The Morgan fingerprint density at radius 3 is 2.48 bits per heavy atom. The lowest BCUT2D eigenvalue weighted by atomic mass is 10.1. The average molecular weight is 342 g/mol. The molecule has 0 spiro atoms. The van der Waals surface area contributed by atoms with Crippen LogP contribution >= 0.6 is 0 Å². The Labute approximate surface area is 138 Å². The molecule has 23 heavy (non-hydrogen) atoms. The number of nitrogens with zero attached hydrogens (tertiary/aromatic N) is 3.